The summed E-state index contributed by atoms with van der Waals surface area (Å²) in [5, 5.41) is 56.6. The number of anilines is 1. The molecule has 0 aromatic heterocycles. The first-order valence-corrected chi connectivity index (χ1v) is 14.1. The summed E-state index contributed by atoms with van der Waals surface area (Å²) < 4.78 is 2.05. The average Bonchev–Trinajstić information content (AvgIpc) is 2.81. The summed E-state index contributed by atoms with van der Waals surface area (Å²) in [5.41, 5.74) is -0.0638. The molecule has 0 radical (unpaired) electrons. The van der Waals surface area contributed by atoms with Gasteiger partial charge in [-0.05, 0) is 11.8 Å². The number of Topliss-reactive ketones (excluding diaryl/α,β-unsaturated/α-hetero) is 1. The Bertz CT molecular complexity index is 1260. The summed E-state index contributed by atoms with van der Waals surface area (Å²) >= 11 is 0. The van der Waals surface area contributed by atoms with E-state index >= 15 is 0 Å². The predicted molar refractivity (Wildman–Crippen MR) is 157 cm³/mol. The van der Waals surface area contributed by atoms with Crippen molar-refractivity contribution < 1.29 is 34.9 Å². The smallest absolute Gasteiger partial charge is 0.207 e. The van der Waals surface area contributed by atoms with Crippen molar-refractivity contribution in [1.82, 2.24) is 0 Å². The summed E-state index contributed by atoms with van der Waals surface area (Å²) in [5.74, 6) is -1.73. The SMILES string of the molecule is CC(C)CN(CC(C)C)c1cc(O)c(C2=C([O-])C(=C3C(O)=CC(=[N+](CC(C)C)CC(C)C)C=C3O)C2=O)c(O)c1. The van der Waals surface area contributed by atoms with Gasteiger partial charge in [-0.1, -0.05) is 61.1 Å². The van der Waals surface area contributed by atoms with Crippen LogP contribution < -0.4 is 10.0 Å². The molecule has 0 fully saturated rings. The Morgan fingerprint density at radius 3 is 1.55 bits per heavy atom. The molecule has 1 aromatic carbocycles. The van der Waals surface area contributed by atoms with Crippen LogP contribution in [-0.2, 0) is 4.79 Å². The minimum atomic E-state index is -0.760. The second-order valence-electron chi connectivity index (χ2n) is 12.5. The zero-order chi connectivity index (χ0) is 30.0. The van der Waals surface area contributed by atoms with Gasteiger partial charge in [0, 0.05) is 53.9 Å². The van der Waals surface area contributed by atoms with Crippen LogP contribution in [0.2, 0.25) is 0 Å². The standard InChI is InChI=1S/C32H44N2O6/c1-17(2)13-33(14-18(3)4)21-9-23(35)27(24(36)10-21)29-31(39)30(32(29)40)28-25(37)11-22(12-26(28)38)34(15-19(5)6)16-20(7)8/h9-12,17-20H,13-16H2,1-8H3,(H4,35,36,37,38,39,40). The molecule has 40 heavy (non-hydrogen) atoms. The van der Waals surface area contributed by atoms with Gasteiger partial charge in [-0.25, -0.2) is 4.58 Å². The maximum absolute atomic E-state index is 13.2. The first-order chi connectivity index (χ1) is 18.6. The number of hydrogen-bond acceptors (Lipinski definition) is 7. The molecule has 4 N–H and O–H groups in total. The van der Waals surface area contributed by atoms with Crippen LogP contribution in [0.25, 0.3) is 5.57 Å². The Labute approximate surface area is 237 Å². The van der Waals surface area contributed by atoms with Gasteiger partial charge in [0.2, 0.25) is 5.71 Å². The van der Waals surface area contributed by atoms with Crippen molar-refractivity contribution in [3.8, 4) is 11.5 Å². The van der Waals surface area contributed by atoms with E-state index in [1.165, 1.54) is 24.3 Å². The lowest BCUT2D eigenvalue weighted by atomic mass is 9.78. The maximum atomic E-state index is 13.2. The number of ketones is 1. The van der Waals surface area contributed by atoms with Gasteiger partial charge in [0.25, 0.3) is 0 Å². The third-order valence-electron chi connectivity index (χ3n) is 6.64. The summed E-state index contributed by atoms with van der Waals surface area (Å²) in [6.45, 7) is 19.4. The maximum Gasteiger partial charge on any atom is 0.207 e. The number of allylic oxidation sites excluding steroid dienone is 4. The van der Waals surface area contributed by atoms with Crippen LogP contribution in [0.1, 0.15) is 61.0 Å². The lowest BCUT2D eigenvalue weighted by Crippen LogP contribution is -2.33. The first kappa shape index (κ1) is 30.9. The summed E-state index contributed by atoms with van der Waals surface area (Å²) in [6, 6.07) is 2.90. The normalized spacial score (nSPS) is 15.9. The summed E-state index contributed by atoms with van der Waals surface area (Å²) in [4.78, 5) is 15.3. The summed E-state index contributed by atoms with van der Waals surface area (Å²) in [7, 11) is 0. The zero-order valence-electron chi connectivity index (χ0n) is 24.9. The Hall–Kier alpha value is -3.68. The average molecular weight is 553 g/mol. The van der Waals surface area contributed by atoms with Gasteiger partial charge < -0.3 is 30.4 Å². The minimum absolute atomic E-state index is 0.243. The molecule has 0 heterocycles. The van der Waals surface area contributed by atoms with E-state index in [4.69, 9.17) is 0 Å². The molecule has 0 spiro atoms. The number of aromatic hydroxyl groups is 2. The first-order valence-electron chi connectivity index (χ1n) is 14.1. The molecule has 8 heteroatoms. The molecule has 218 valence electrons. The number of phenols is 2. The largest absolute Gasteiger partial charge is 0.871 e. The van der Waals surface area contributed by atoms with Crippen molar-refractivity contribution >= 4 is 22.8 Å². The van der Waals surface area contributed by atoms with E-state index in [-0.39, 0.29) is 45.3 Å². The van der Waals surface area contributed by atoms with Crippen LogP contribution in [-0.4, -0.2) is 62.7 Å². The van der Waals surface area contributed by atoms with Crippen molar-refractivity contribution in [2.75, 3.05) is 31.1 Å². The van der Waals surface area contributed by atoms with Crippen LogP contribution in [0.3, 0.4) is 0 Å². The highest BCUT2D eigenvalue weighted by Gasteiger charge is 2.38. The minimum Gasteiger partial charge on any atom is -0.871 e. The molecule has 2 aliphatic carbocycles. The number of nitrogens with zero attached hydrogens (tertiary/aromatic N) is 2. The Morgan fingerprint density at radius 2 is 1.18 bits per heavy atom. The fourth-order valence-corrected chi connectivity index (χ4v) is 5.25. The number of hydrogen-bond donors (Lipinski definition) is 4. The van der Waals surface area contributed by atoms with E-state index in [9.17, 15) is 30.3 Å². The number of aliphatic hydroxyl groups is 2. The van der Waals surface area contributed by atoms with Gasteiger partial charge in [-0.15, -0.1) is 0 Å². The van der Waals surface area contributed by atoms with Crippen molar-refractivity contribution in [2.45, 2.75) is 55.4 Å². The molecule has 1 aromatic rings. The van der Waals surface area contributed by atoms with Gasteiger partial charge in [0.05, 0.1) is 23.3 Å². The fourth-order valence-electron chi connectivity index (χ4n) is 5.25. The van der Waals surface area contributed by atoms with Crippen molar-refractivity contribution in [1.29, 1.82) is 0 Å². The fraction of sp³-hybridized carbons (Fsp3) is 0.500. The predicted octanol–water partition coefficient (Wildman–Crippen LogP) is 4.83. The van der Waals surface area contributed by atoms with E-state index in [1.54, 1.807) is 0 Å². The number of carbonyl (C=O) groups is 1. The highest BCUT2D eigenvalue weighted by molar-refractivity contribution is 6.40. The molecule has 0 bridgehead atoms. The van der Waals surface area contributed by atoms with Gasteiger partial charge in [-0.2, -0.15) is 0 Å². The van der Waals surface area contributed by atoms with E-state index in [2.05, 4.69) is 55.4 Å². The molecule has 0 unspecified atom stereocenters. The molecule has 0 atom stereocenters. The Morgan fingerprint density at radius 1 is 0.725 bits per heavy atom. The van der Waals surface area contributed by atoms with Crippen molar-refractivity contribution in [3.63, 3.8) is 0 Å². The lowest BCUT2D eigenvalue weighted by molar-refractivity contribution is -0.538. The Balaban J connectivity index is 2.06. The molecule has 8 nitrogen and oxygen atoms in total. The number of phenolic OH excluding ortho intramolecular Hbond substituents is 2. The highest BCUT2D eigenvalue weighted by atomic mass is 16.3. The van der Waals surface area contributed by atoms with E-state index in [0.717, 1.165) is 0 Å². The third-order valence-corrected chi connectivity index (χ3v) is 6.64. The van der Waals surface area contributed by atoms with Crippen LogP contribution in [0.5, 0.6) is 11.5 Å². The van der Waals surface area contributed by atoms with E-state index in [1.807, 2.05) is 9.48 Å². The molecular weight excluding hydrogens is 508 g/mol. The molecular formula is C32H44N2O6. The van der Waals surface area contributed by atoms with Crippen LogP contribution in [0, 0.1) is 23.7 Å². The van der Waals surface area contributed by atoms with Gasteiger partial charge in [0.15, 0.2) is 5.78 Å². The molecule has 0 amide bonds. The third kappa shape index (κ3) is 6.54. The number of rotatable bonds is 10. The van der Waals surface area contributed by atoms with Crippen LogP contribution in [0.4, 0.5) is 5.69 Å². The quantitative estimate of drug-likeness (QED) is 0.242. The molecule has 3 rings (SSSR count). The second-order valence-corrected chi connectivity index (χ2v) is 12.5. The van der Waals surface area contributed by atoms with Gasteiger partial charge in [-0.3, -0.25) is 4.79 Å². The lowest BCUT2D eigenvalue weighted by Gasteiger charge is -2.34. The van der Waals surface area contributed by atoms with E-state index < -0.39 is 11.5 Å². The van der Waals surface area contributed by atoms with Crippen molar-refractivity contribution in [2.24, 2.45) is 23.7 Å². The molecule has 2 aliphatic rings. The van der Waals surface area contributed by atoms with Crippen LogP contribution >= 0.6 is 0 Å². The van der Waals surface area contributed by atoms with E-state index in [0.29, 0.717) is 61.2 Å². The molecule has 0 saturated carbocycles. The number of benzene rings is 1. The number of carbonyl (C=O) groups excluding carboxylic acids is 1. The molecule has 0 aliphatic heterocycles. The Kier molecular flexibility index (Phi) is 9.44. The van der Waals surface area contributed by atoms with Gasteiger partial charge >= 0.3 is 0 Å². The molecule has 0 saturated heterocycles. The highest BCUT2D eigenvalue weighted by Crippen LogP contribution is 2.47. The zero-order valence-corrected chi connectivity index (χ0v) is 24.9. The number of aliphatic hydroxyl groups excluding tert-OH is 2. The monoisotopic (exact) mass is 552 g/mol. The topological polar surface area (TPSA) is 127 Å². The van der Waals surface area contributed by atoms with Gasteiger partial charge in [0.1, 0.15) is 36.1 Å². The summed E-state index contributed by atoms with van der Waals surface area (Å²) in [6.07, 6.45) is 2.90. The van der Waals surface area contributed by atoms with Crippen LogP contribution in [0.15, 0.2) is 52.7 Å². The van der Waals surface area contributed by atoms with Crippen molar-refractivity contribution in [3.05, 3.63) is 58.3 Å². The second kappa shape index (κ2) is 12.2.